The molecule has 0 saturated heterocycles. The lowest BCUT2D eigenvalue weighted by Gasteiger charge is -2.23. The quantitative estimate of drug-likeness (QED) is 0.618. The predicted octanol–water partition coefficient (Wildman–Crippen LogP) is 3.13. The van der Waals surface area contributed by atoms with E-state index in [-0.39, 0.29) is 21.7 Å². The van der Waals surface area contributed by atoms with Gasteiger partial charge in [-0.15, -0.1) is 0 Å². The van der Waals surface area contributed by atoms with Gasteiger partial charge in [0.1, 0.15) is 17.3 Å². The van der Waals surface area contributed by atoms with Crippen LogP contribution in [0.4, 0.5) is 23.2 Å². The number of sulfonamides is 1. The third kappa shape index (κ3) is 4.55. The molecule has 0 radical (unpaired) electrons. The smallest absolute Gasteiger partial charge is 0.398 e. The molecule has 0 amide bonds. The zero-order chi connectivity index (χ0) is 16.4. The van der Waals surface area contributed by atoms with Crippen LogP contribution in [0.1, 0.15) is 13.3 Å². The molecular weight excluding hydrogens is 380 g/mol. The lowest BCUT2D eigenvalue weighted by molar-refractivity contribution is -0.136. The Morgan fingerprint density at radius 1 is 1.33 bits per heavy atom. The second kappa shape index (κ2) is 6.49. The molecule has 0 aliphatic carbocycles. The summed E-state index contributed by atoms with van der Waals surface area (Å²) in [5.74, 6) is -0.802. The molecule has 21 heavy (non-hydrogen) atoms. The molecule has 0 saturated carbocycles. The molecule has 2 N–H and O–H groups in total. The number of halogens is 5. The second-order valence-corrected chi connectivity index (χ2v) is 7.02. The summed E-state index contributed by atoms with van der Waals surface area (Å²) < 4.78 is 75.4. The summed E-state index contributed by atoms with van der Waals surface area (Å²) in [6.07, 6.45) is -4.49. The van der Waals surface area contributed by atoms with E-state index in [1.54, 1.807) is 6.92 Å². The van der Waals surface area contributed by atoms with Crippen LogP contribution in [0.25, 0.3) is 0 Å². The van der Waals surface area contributed by atoms with Gasteiger partial charge >= 0.3 is 6.18 Å². The van der Waals surface area contributed by atoms with E-state index >= 15 is 0 Å². The van der Waals surface area contributed by atoms with Crippen LogP contribution in [0.15, 0.2) is 21.5 Å². The minimum atomic E-state index is -4.69. The molecule has 0 aliphatic rings. The van der Waals surface area contributed by atoms with Crippen molar-refractivity contribution in [1.29, 1.82) is 0 Å². The Bertz CT molecular complexity index is 619. The summed E-state index contributed by atoms with van der Waals surface area (Å²) in [5.41, 5.74) is 4.98. The van der Waals surface area contributed by atoms with E-state index in [0.29, 0.717) is 0 Å². The molecule has 10 heteroatoms. The van der Waals surface area contributed by atoms with Crippen molar-refractivity contribution in [1.82, 2.24) is 4.31 Å². The van der Waals surface area contributed by atoms with Crippen LogP contribution in [0.3, 0.4) is 0 Å². The molecule has 0 heterocycles. The molecule has 0 aliphatic heterocycles. The van der Waals surface area contributed by atoms with Gasteiger partial charge in [-0.2, -0.15) is 17.5 Å². The third-order valence-corrected chi connectivity index (χ3v) is 5.01. The minimum absolute atomic E-state index is 0.192. The van der Waals surface area contributed by atoms with Crippen LogP contribution in [0.5, 0.6) is 0 Å². The van der Waals surface area contributed by atoms with E-state index in [2.05, 4.69) is 15.9 Å². The molecule has 4 nitrogen and oxygen atoms in total. The number of nitrogens with zero attached hydrogens (tertiary/aromatic N) is 1. The van der Waals surface area contributed by atoms with Crippen molar-refractivity contribution in [3.63, 3.8) is 0 Å². The Kier molecular flexibility index (Phi) is 5.62. The number of benzene rings is 1. The first kappa shape index (κ1) is 18.2. The Balaban J connectivity index is 3.32. The molecule has 0 spiro atoms. The Morgan fingerprint density at radius 3 is 2.38 bits per heavy atom. The lowest BCUT2D eigenvalue weighted by Crippen LogP contribution is -2.39. The van der Waals surface area contributed by atoms with Crippen LogP contribution in [0, 0.1) is 5.82 Å². The average molecular weight is 393 g/mol. The zero-order valence-electron chi connectivity index (χ0n) is 10.9. The third-order valence-electron chi connectivity index (χ3n) is 2.50. The maximum Gasteiger partial charge on any atom is 0.402 e. The molecule has 1 aromatic carbocycles. The predicted molar refractivity (Wildman–Crippen MR) is 73.6 cm³/mol. The number of hydrogen-bond donors (Lipinski definition) is 1. The van der Waals surface area contributed by atoms with Gasteiger partial charge in [0.15, 0.2) is 0 Å². The average Bonchev–Trinajstić information content (AvgIpc) is 2.31. The van der Waals surface area contributed by atoms with Crippen LogP contribution in [0.2, 0.25) is 0 Å². The molecule has 120 valence electrons. The zero-order valence-corrected chi connectivity index (χ0v) is 13.3. The summed E-state index contributed by atoms with van der Waals surface area (Å²) in [4.78, 5) is -0.562. The van der Waals surface area contributed by atoms with E-state index in [9.17, 15) is 26.0 Å². The van der Waals surface area contributed by atoms with Gasteiger partial charge in [0.25, 0.3) is 0 Å². The normalized spacial score (nSPS) is 12.9. The molecule has 1 rings (SSSR count). The Labute approximate surface area is 128 Å². The van der Waals surface area contributed by atoms with Crippen molar-refractivity contribution in [3.05, 3.63) is 22.4 Å². The Hall–Kier alpha value is -0.870. The summed E-state index contributed by atoms with van der Waals surface area (Å²) in [7, 11) is -4.47. The van der Waals surface area contributed by atoms with Gasteiger partial charge in [0.2, 0.25) is 10.0 Å². The number of alkyl halides is 3. The van der Waals surface area contributed by atoms with E-state index in [1.165, 1.54) is 0 Å². The molecule has 0 unspecified atom stereocenters. The van der Waals surface area contributed by atoms with Gasteiger partial charge in [-0.3, -0.25) is 0 Å². The number of nitrogen functional groups attached to an aromatic ring is 1. The highest BCUT2D eigenvalue weighted by molar-refractivity contribution is 9.10. The maximum atomic E-state index is 13.3. The van der Waals surface area contributed by atoms with Gasteiger partial charge in [-0.25, -0.2) is 12.8 Å². The summed E-state index contributed by atoms with van der Waals surface area (Å²) >= 11 is 2.79. The van der Waals surface area contributed by atoms with Gasteiger partial charge in [0.05, 0.1) is 10.2 Å². The fourth-order valence-corrected chi connectivity index (χ4v) is 3.78. The largest absolute Gasteiger partial charge is 0.402 e. The highest BCUT2D eigenvalue weighted by Gasteiger charge is 2.37. The van der Waals surface area contributed by atoms with Crippen molar-refractivity contribution in [3.8, 4) is 0 Å². The molecule has 0 atom stereocenters. The molecule has 1 aromatic rings. The fraction of sp³-hybridized carbons (Fsp3) is 0.455. The number of anilines is 1. The van der Waals surface area contributed by atoms with Gasteiger partial charge in [-0.1, -0.05) is 6.92 Å². The minimum Gasteiger partial charge on any atom is -0.398 e. The van der Waals surface area contributed by atoms with Crippen molar-refractivity contribution in [2.24, 2.45) is 0 Å². The number of rotatable bonds is 5. The molecule has 0 aromatic heterocycles. The Morgan fingerprint density at radius 2 is 1.90 bits per heavy atom. The number of nitrogens with two attached hydrogens (primary N) is 1. The van der Waals surface area contributed by atoms with Gasteiger partial charge in [0, 0.05) is 6.54 Å². The second-order valence-electron chi connectivity index (χ2n) is 4.26. The molecule has 0 bridgehead atoms. The first-order valence-electron chi connectivity index (χ1n) is 5.80. The monoisotopic (exact) mass is 392 g/mol. The maximum absolute atomic E-state index is 13.3. The van der Waals surface area contributed by atoms with E-state index in [1.807, 2.05) is 0 Å². The topological polar surface area (TPSA) is 63.4 Å². The fourth-order valence-electron chi connectivity index (χ4n) is 1.64. The molecule has 0 fully saturated rings. The van der Waals surface area contributed by atoms with Crippen LogP contribution < -0.4 is 5.73 Å². The highest BCUT2D eigenvalue weighted by Crippen LogP contribution is 2.30. The van der Waals surface area contributed by atoms with Crippen molar-refractivity contribution in [2.75, 3.05) is 18.8 Å². The summed E-state index contributed by atoms with van der Waals surface area (Å²) in [6.45, 7) is -0.406. The highest BCUT2D eigenvalue weighted by atomic mass is 79.9. The van der Waals surface area contributed by atoms with Crippen LogP contribution in [-0.2, 0) is 10.0 Å². The van der Waals surface area contributed by atoms with Gasteiger partial charge < -0.3 is 5.73 Å². The van der Waals surface area contributed by atoms with Crippen molar-refractivity contribution >= 4 is 31.6 Å². The number of hydrogen-bond acceptors (Lipinski definition) is 3. The van der Waals surface area contributed by atoms with Crippen LogP contribution in [-0.4, -0.2) is 32.0 Å². The summed E-state index contributed by atoms with van der Waals surface area (Å²) in [6, 6.07) is 1.60. The van der Waals surface area contributed by atoms with Gasteiger partial charge in [-0.05, 0) is 34.5 Å². The van der Waals surface area contributed by atoms with E-state index in [4.69, 9.17) is 5.73 Å². The van der Waals surface area contributed by atoms with E-state index in [0.717, 1.165) is 12.1 Å². The van der Waals surface area contributed by atoms with E-state index < -0.39 is 39.1 Å². The van der Waals surface area contributed by atoms with Crippen molar-refractivity contribution in [2.45, 2.75) is 24.4 Å². The first-order chi connectivity index (χ1) is 9.49. The lowest BCUT2D eigenvalue weighted by atomic mass is 10.3. The van der Waals surface area contributed by atoms with Crippen molar-refractivity contribution < 1.29 is 26.0 Å². The SMILES string of the molecule is CCCN(CC(F)(F)F)S(=O)(=O)c1cc(Br)c(F)cc1N. The molecular formula is C11H13BrF4N2O2S. The first-order valence-corrected chi connectivity index (χ1v) is 8.03. The standard InChI is InChI=1S/C11H13BrF4N2O2S/c1-2-3-18(6-11(14,15)16)21(19,20)10-4-7(12)8(13)5-9(10)17/h4-5H,2-3,6,17H2,1H3. The summed E-state index contributed by atoms with van der Waals surface area (Å²) in [5, 5.41) is 0. The van der Waals surface area contributed by atoms with Crippen LogP contribution >= 0.6 is 15.9 Å².